The summed E-state index contributed by atoms with van der Waals surface area (Å²) in [7, 11) is 0. The summed E-state index contributed by atoms with van der Waals surface area (Å²) in [5.41, 5.74) is 1.37. The van der Waals surface area contributed by atoms with Crippen molar-refractivity contribution in [2.24, 2.45) is 5.92 Å². The van der Waals surface area contributed by atoms with Crippen molar-refractivity contribution in [3.63, 3.8) is 0 Å². The molecular weight excluding hydrogens is 363 g/mol. The molecule has 1 aliphatic rings. The minimum absolute atomic E-state index is 0.104. The molecule has 0 saturated carbocycles. The topological polar surface area (TPSA) is 93.0 Å². The lowest BCUT2D eigenvalue weighted by molar-refractivity contribution is -0.126. The molecule has 4 rings (SSSR count). The lowest BCUT2D eigenvalue weighted by atomic mass is 10.1. The quantitative estimate of drug-likeness (QED) is 0.724. The SMILES string of the molecule is O=C(NCc1nnnn1-c1ccccc1)C1CC(=O)N(c2ccc(F)cc2)C1. The van der Waals surface area contributed by atoms with Crippen molar-refractivity contribution in [3.8, 4) is 5.69 Å². The van der Waals surface area contributed by atoms with E-state index < -0.39 is 5.92 Å². The molecular formula is C19H17FN6O2. The van der Waals surface area contributed by atoms with E-state index in [1.165, 1.54) is 29.2 Å². The van der Waals surface area contributed by atoms with E-state index in [0.717, 1.165) is 5.69 Å². The summed E-state index contributed by atoms with van der Waals surface area (Å²) in [5.74, 6) is -0.792. The van der Waals surface area contributed by atoms with Crippen LogP contribution in [0.5, 0.6) is 0 Å². The molecule has 0 radical (unpaired) electrons. The third kappa shape index (κ3) is 3.59. The largest absolute Gasteiger partial charge is 0.348 e. The number of halogens is 1. The normalized spacial score (nSPS) is 16.4. The molecule has 2 aromatic carbocycles. The molecule has 1 saturated heterocycles. The molecule has 3 aromatic rings. The van der Waals surface area contributed by atoms with Crippen molar-refractivity contribution in [2.75, 3.05) is 11.4 Å². The Morgan fingerprint density at radius 1 is 1.11 bits per heavy atom. The summed E-state index contributed by atoms with van der Waals surface area (Å²) >= 11 is 0. The minimum Gasteiger partial charge on any atom is -0.348 e. The number of tetrazole rings is 1. The van der Waals surface area contributed by atoms with Gasteiger partial charge >= 0.3 is 0 Å². The van der Waals surface area contributed by atoms with E-state index in [9.17, 15) is 14.0 Å². The summed E-state index contributed by atoms with van der Waals surface area (Å²) in [4.78, 5) is 26.3. The number of rotatable bonds is 5. The Bertz CT molecular complexity index is 989. The van der Waals surface area contributed by atoms with Gasteiger partial charge in [0, 0.05) is 18.7 Å². The van der Waals surface area contributed by atoms with E-state index in [4.69, 9.17) is 0 Å². The van der Waals surface area contributed by atoms with E-state index in [1.54, 1.807) is 4.68 Å². The first-order chi connectivity index (χ1) is 13.6. The standard InChI is InChI=1S/C19H17FN6O2/c20-14-6-8-15(9-7-14)25-12-13(10-18(25)27)19(28)21-11-17-22-23-24-26(17)16-4-2-1-3-5-16/h1-9,13H,10-12H2,(H,21,28). The van der Waals surface area contributed by atoms with Gasteiger partial charge in [-0.2, -0.15) is 4.68 Å². The van der Waals surface area contributed by atoms with Crippen LogP contribution in [0, 0.1) is 11.7 Å². The fourth-order valence-corrected chi connectivity index (χ4v) is 3.15. The Morgan fingerprint density at radius 2 is 1.86 bits per heavy atom. The van der Waals surface area contributed by atoms with Crippen molar-refractivity contribution in [1.82, 2.24) is 25.5 Å². The molecule has 28 heavy (non-hydrogen) atoms. The van der Waals surface area contributed by atoms with Crippen LogP contribution in [0.15, 0.2) is 54.6 Å². The van der Waals surface area contributed by atoms with E-state index >= 15 is 0 Å². The molecule has 1 N–H and O–H groups in total. The zero-order valence-corrected chi connectivity index (χ0v) is 14.8. The number of benzene rings is 2. The highest BCUT2D eigenvalue weighted by Gasteiger charge is 2.35. The molecule has 142 valence electrons. The average Bonchev–Trinajstić information content (AvgIpc) is 3.34. The maximum Gasteiger partial charge on any atom is 0.227 e. The Balaban J connectivity index is 1.40. The summed E-state index contributed by atoms with van der Waals surface area (Å²) < 4.78 is 14.6. The first-order valence-corrected chi connectivity index (χ1v) is 8.78. The number of carbonyl (C=O) groups excluding carboxylic acids is 2. The highest BCUT2D eigenvalue weighted by atomic mass is 19.1. The predicted octanol–water partition coefficient (Wildman–Crippen LogP) is 1.47. The second-order valence-electron chi connectivity index (χ2n) is 6.44. The molecule has 2 amide bonds. The first kappa shape index (κ1) is 17.8. The number of nitrogens with one attached hydrogen (secondary N) is 1. The fourth-order valence-electron chi connectivity index (χ4n) is 3.15. The second kappa shape index (κ2) is 7.55. The van der Waals surface area contributed by atoms with Crippen molar-refractivity contribution < 1.29 is 14.0 Å². The van der Waals surface area contributed by atoms with Crippen molar-refractivity contribution in [1.29, 1.82) is 0 Å². The molecule has 0 spiro atoms. The molecule has 1 atom stereocenters. The highest BCUT2D eigenvalue weighted by Crippen LogP contribution is 2.25. The van der Waals surface area contributed by atoms with Crippen LogP contribution in [0.1, 0.15) is 12.2 Å². The van der Waals surface area contributed by atoms with Gasteiger partial charge in [-0.25, -0.2) is 4.39 Å². The molecule has 1 aromatic heterocycles. The number of anilines is 1. The van der Waals surface area contributed by atoms with Gasteiger partial charge in [0.2, 0.25) is 11.8 Å². The Labute approximate surface area is 160 Å². The summed E-state index contributed by atoms with van der Waals surface area (Å²) in [6.45, 7) is 0.391. The summed E-state index contributed by atoms with van der Waals surface area (Å²) in [6.07, 6.45) is 0.104. The average molecular weight is 380 g/mol. The van der Waals surface area contributed by atoms with Crippen LogP contribution < -0.4 is 10.2 Å². The molecule has 9 heteroatoms. The van der Waals surface area contributed by atoms with Crippen LogP contribution in [0.25, 0.3) is 5.69 Å². The summed E-state index contributed by atoms with van der Waals surface area (Å²) in [6, 6.07) is 15.0. The molecule has 0 bridgehead atoms. The molecule has 1 aliphatic heterocycles. The van der Waals surface area contributed by atoms with Gasteiger partial charge in [0.15, 0.2) is 5.82 Å². The lowest BCUT2D eigenvalue weighted by Gasteiger charge is -2.16. The molecule has 0 aliphatic carbocycles. The predicted molar refractivity (Wildman–Crippen MR) is 97.9 cm³/mol. The molecule has 1 unspecified atom stereocenters. The number of hydrogen-bond donors (Lipinski definition) is 1. The number of nitrogens with zero attached hydrogens (tertiary/aromatic N) is 5. The van der Waals surface area contributed by atoms with Gasteiger partial charge < -0.3 is 10.2 Å². The van der Waals surface area contributed by atoms with Gasteiger partial charge in [-0.15, -0.1) is 5.10 Å². The minimum atomic E-state index is -0.487. The third-order valence-corrected chi connectivity index (χ3v) is 4.59. The van der Waals surface area contributed by atoms with Gasteiger partial charge in [-0.3, -0.25) is 9.59 Å². The maximum absolute atomic E-state index is 13.1. The van der Waals surface area contributed by atoms with E-state index in [-0.39, 0.29) is 37.1 Å². The highest BCUT2D eigenvalue weighted by molar-refractivity contribution is 6.00. The number of para-hydroxylation sites is 1. The number of aromatic nitrogens is 4. The Morgan fingerprint density at radius 3 is 2.61 bits per heavy atom. The van der Waals surface area contributed by atoms with Gasteiger partial charge in [-0.05, 0) is 46.8 Å². The molecule has 8 nitrogen and oxygen atoms in total. The Hall–Kier alpha value is -3.62. The van der Waals surface area contributed by atoms with Crippen molar-refractivity contribution in [2.45, 2.75) is 13.0 Å². The fraction of sp³-hybridized carbons (Fsp3) is 0.211. The van der Waals surface area contributed by atoms with Gasteiger partial charge in [-0.1, -0.05) is 18.2 Å². The Kier molecular flexibility index (Phi) is 4.79. The van der Waals surface area contributed by atoms with Crippen LogP contribution in [0.3, 0.4) is 0 Å². The van der Waals surface area contributed by atoms with Crippen molar-refractivity contribution >= 4 is 17.5 Å². The molecule has 1 fully saturated rings. The van der Waals surface area contributed by atoms with Crippen LogP contribution in [0.2, 0.25) is 0 Å². The smallest absolute Gasteiger partial charge is 0.227 e. The second-order valence-corrected chi connectivity index (χ2v) is 6.44. The van der Waals surface area contributed by atoms with E-state index in [2.05, 4.69) is 20.8 Å². The van der Waals surface area contributed by atoms with Gasteiger partial charge in [0.25, 0.3) is 0 Å². The number of carbonyl (C=O) groups is 2. The lowest BCUT2D eigenvalue weighted by Crippen LogP contribution is -2.33. The number of hydrogen-bond acceptors (Lipinski definition) is 5. The van der Waals surface area contributed by atoms with E-state index in [0.29, 0.717) is 11.5 Å². The van der Waals surface area contributed by atoms with Crippen LogP contribution >= 0.6 is 0 Å². The van der Waals surface area contributed by atoms with Crippen molar-refractivity contribution in [3.05, 3.63) is 66.2 Å². The van der Waals surface area contributed by atoms with E-state index in [1.807, 2.05) is 30.3 Å². The zero-order chi connectivity index (χ0) is 19.5. The van der Waals surface area contributed by atoms with Crippen LogP contribution in [0.4, 0.5) is 10.1 Å². The van der Waals surface area contributed by atoms with Gasteiger partial charge in [0.1, 0.15) is 5.82 Å². The maximum atomic E-state index is 13.1. The van der Waals surface area contributed by atoms with Crippen LogP contribution in [-0.2, 0) is 16.1 Å². The monoisotopic (exact) mass is 380 g/mol. The number of amides is 2. The first-order valence-electron chi connectivity index (χ1n) is 8.78. The van der Waals surface area contributed by atoms with Gasteiger partial charge in [0.05, 0.1) is 18.2 Å². The third-order valence-electron chi connectivity index (χ3n) is 4.59. The van der Waals surface area contributed by atoms with Crippen LogP contribution in [-0.4, -0.2) is 38.6 Å². The summed E-state index contributed by atoms with van der Waals surface area (Å²) in [5, 5.41) is 14.4. The molecule has 2 heterocycles. The zero-order valence-electron chi connectivity index (χ0n) is 14.8.